The number of anilines is 4. The van der Waals surface area contributed by atoms with E-state index >= 15 is 0 Å². The summed E-state index contributed by atoms with van der Waals surface area (Å²) in [6.07, 6.45) is 1.55. The van der Waals surface area contributed by atoms with Gasteiger partial charge in [0, 0.05) is 11.4 Å². The van der Waals surface area contributed by atoms with Crippen LogP contribution >= 0.6 is 0 Å². The number of rotatable bonds is 5. The summed E-state index contributed by atoms with van der Waals surface area (Å²) in [5.41, 5.74) is 4.36. The van der Waals surface area contributed by atoms with Crippen LogP contribution in [-0.4, -0.2) is 28.3 Å². The SMILES string of the molecule is COC(=O)c1cccc(Nc2nncc(Nc3cc(C)cc(C)c3)n2)c1. The fourth-order valence-electron chi connectivity index (χ4n) is 2.58. The maximum absolute atomic E-state index is 11.6. The summed E-state index contributed by atoms with van der Waals surface area (Å²) in [5.74, 6) is 0.482. The van der Waals surface area contributed by atoms with E-state index in [9.17, 15) is 4.79 Å². The molecule has 3 aromatic rings. The van der Waals surface area contributed by atoms with Crippen molar-refractivity contribution in [2.45, 2.75) is 13.8 Å². The topological polar surface area (TPSA) is 89.0 Å². The minimum atomic E-state index is -0.405. The van der Waals surface area contributed by atoms with E-state index in [1.807, 2.05) is 26.0 Å². The molecule has 0 spiro atoms. The van der Waals surface area contributed by atoms with Gasteiger partial charge in [0.25, 0.3) is 0 Å². The van der Waals surface area contributed by atoms with Crippen LogP contribution in [0.15, 0.2) is 48.7 Å². The maximum Gasteiger partial charge on any atom is 0.337 e. The zero-order valence-corrected chi connectivity index (χ0v) is 14.8. The Bertz CT molecular complexity index is 922. The number of aromatic nitrogens is 3. The molecule has 0 saturated heterocycles. The van der Waals surface area contributed by atoms with Gasteiger partial charge in [0.2, 0.25) is 5.95 Å². The molecule has 132 valence electrons. The molecule has 0 unspecified atom stereocenters. The largest absolute Gasteiger partial charge is 0.465 e. The van der Waals surface area contributed by atoms with Crippen molar-refractivity contribution in [1.29, 1.82) is 0 Å². The lowest BCUT2D eigenvalue weighted by atomic mass is 10.1. The van der Waals surface area contributed by atoms with Crippen molar-refractivity contribution in [3.8, 4) is 0 Å². The van der Waals surface area contributed by atoms with Gasteiger partial charge in [-0.25, -0.2) is 4.79 Å². The van der Waals surface area contributed by atoms with Gasteiger partial charge in [0.15, 0.2) is 5.82 Å². The average molecular weight is 349 g/mol. The number of nitrogens with zero attached hydrogens (tertiary/aromatic N) is 3. The van der Waals surface area contributed by atoms with E-state index in [2.05, 4.69) is 31.9 Å². The maximum atomic E-state index is 11.6. The summed E-state index contributed by atoms with van der Waals surface area (Å²) < 4.78 is 4.73. The van der Waals surface area contributed by atoms with Crippen molar-refractivity contribution in [2.24, 2.45) is 0 Å². The second-order valence-corrected chi connectivity index (χ2v) is 5.86. The molecule has 0 radical (unpaired) electrons. The number of carbonyl (C=O) groups is 1. The molecule has 26 heavy (non-hydrogen) atoms. The number of methoxy groups -OCH3 is 1. The van der Waals surface area contributed by atoms with Crippen molar-refractivity contribution >= 4 is 29.1 Å². The first kappa shape index (κ1) is 17.3. The predicted molar refractivity (Wildman–Crippen MR) is 100 cm³/mol. The van der Waals surface area contributed by atoms with Crippen LogP contribution in [0.5, 0.6) is 0 Å². The number of carbonyl (C=O) groups excluding carboxylic acids is 1. The second-order valence-electron chi connectivity index (χ2n) is 5.86. The smallest absolute Gasteiger partial charge is 0.337 e. The molecule has 2 aromatic carbocycles. The molecule has 1 heterocycles. The molecule has 0 atom stereocenters. The fraction of sp³-hybridized carbons (Fsp3) is 0.158. The van der Waals surface area contributed by atoms with Gasteiger partial charge in [0.1, 0.15) is 0 Å². The first-order valence-corrected chi connectivity index (χ1v) is 8.04. The van der Waals surface area contributed by atoms with Crippen LogP contribution in [0, 0.1) is 13.8 Å². The van der Waals surface area contributed by atoms with Crippen LogP contribution < -0.4 is 10.6 Å². The molecule has 2 N–H and O–H groups in total. The molecule has 0 aliphatic rings. The Morgan fingerprint density at radius 3 is 2.50 bits per heavy atom. The molecule has 0 bridgehead atoms. The lowest BCUT2D eigenvalue weighted by molar-refractivity contribution is 0.0601. The van der Waals surface area contributed by atoms with Crippen LogP contribution in [-0.2, 0) is 4.74 Å². The average Bonchev–Trinajstić information content (AvgIpc) is 2.60. The molecule has 7 heteroatoms. The zero-order valence-electron chi connectivity index (χ0n) is 14.8. The van der Waals surface area contributed by atoms with Gasteiger partial charge in [-0.15, -0.1) is 5.10 Å². The van der Waals surface area contributed by atoms with E-state index in [-0.39, 0.29) is 0 Å². The van der Waals surface area contributed by atoms with Crippen molar-refractivity contribution in [3.05, 3.63) is 65.4 Å². The summed E-state index contributed by atoms with van der Waals surface area (Å²) in [6, 6.07) is 13.1. The summed E-state index contributed by atoms with van der Waals surface area (Å²) >= 11 is 0. The number of hydrogen-bond acceptors (Lipinski definition) is 7. The Hall–Kier alpha value is -3.48. The van der Waals surface area contributed by atoms with E-state index in [0.29, 0.717) is 23.0 Å². The van der Waals surface area contributed by atoms with Crippen molar-refractivity contribution in [1.82, 2.24) is 15.2 Å². The van der Waals surface area contributed by atoms with E-state index in [1.54, 1.807) is 30.5 Å². The minimum Gasteiger partial charge on any atom is -0.465 e. The fourth-order valence-corrected chi connectivity index (χ4v) is 2.58. The number of esters is 1. The van der Waals surface area contributed by atoms with Gasteiger partial charge < -0.3 is 15.4 Å². The molecular formula is C19H19N5O2. The first-order chi connectivity index (χ1) is 12.5. The highest BCUT2D eigenvalue weighted by Crippen LogP contribution is 2.20. The Kier molecular flexibility index (Phi) is 5.07. The Balaban J connectivity index is 1.78. The van der Waals surface area contributed by atoms with Gasteiger partial charge in [-0.1, -0.05) is 12.1 Å². The Morgan fingerprint density at radius 1 is 1.00 bits per heavy atom. The van der Waals surface area contributed by atoms with Crippen LogP contribution in [0.25, 0.3) is 0 Å². The molecule has 7 nitrogen and oxygen atoms in total. The standard InChI is InChI=1S/C19H19N5O2/c1-12-7-13(2)9-16(8-12)21-17-11-20-24-19(23-17)22-15-6-4-5-14(10-15)18(25)26-3/h4-11H,1-3H3,(H2,21,22,23,24). The summed E-state index contributed by atoms with van der Waals surface area (Å²) in [6.45, 7) is 4.08. The molecule has 0 aliphatic carbocycles. The lowest BCUT2D eigenvalue weighted by Crippen LogP contribution is -2.04. The molecular weight excluding hydrogens is 330 g/mol. The van der Waals surface area contributed by atoms with Gasteiger partial charge in [-0.3, -0.25) is 0 Å². The second kappa shape index (κ2) is 7.60. The highest BCUT2D eigenvalue weighted by Gasteiger charge is 2.07. The third-order valence-electron chi connectivity index (χ3n) is 3.59. The van der Waals surface area contributed by atoms with Gasteiger partial charge >= 0.3 is 5.97 Å². The van der Waals surface area contributed by atoms with Crippen molar-refractivity contribution in [2.75, 3.05) is 17.7 Å². The van der Waals surface area contributed by atoms with Crippen LogP contribution in [0.1, 0.15) is 21.5 Å². The highest BCUT2D eigenvalue weighted by molar-refractivity contribution is 5.90. The van der Waals surface area contributed by atoms with Crippen LogP contribution in [0.3, 0.4) is 0 Å². The van der Waals surface area contributed by atoms with Gasteiger partial charge in [0.05, 0.1) is 18.9 Å². The van der Waals surface area contributed by atoms with Crippen molar-refractivity contribution < 1.29 is 9.53 Å². The number of ether oxygens (including phenoxy) is 1. The third kappa shape index (κ3) is 4.32. The monoisotopic (exact) mass is 349 g/mol. The summed E-state index contributed by atoms with van der Waals surface area (Å²) in [5, 5.41) is 14.2. The number of hydrogen-bond donors (Lipinski definition) is 2. The van der Waals surface area contributed by atoms with Crippen LogP contribution in [0.2, 0.25) is 0 Å². The highest BCUT2D eigenvalue weighted by atomic mass is 16.5. The summed E-state index contributed by atoms with van der Waals surface area (Å²) in [7, 11) is 1.34. The molecule has 0 saturated carbocycles. The van der Waals surface area contributed by atoms with Crippen LogP contribution in [0.4, 0.5) is 23.1 Å². The van der Waals surface area contributed by atoms with E-state index in [4.69, 9.17) is 4.74 Å². The summed E-state index contributed by atoms with van der Waals surface area (Å²) in [4.78, 5) is 16.0. The Labute approximate surface area is 151 Å². The molecule has 0 amide bonds. The molecule has 0 aliphatic heterocycles. The number of nitrogens with one attached hydrogen (secondary N) is 2. The zero-order chi connectivity index (χ0) is 18.5. The van der Waals surface area contributed by atoms with Crippen molar-refractivity contribution in [3.63, 3.8) is 0 Å². The van der Waals surface area contributed by atoms with E-state index in [0.717, 1.165) is 16.8 Å². The lowest BCUT2D eigenvalue weighted by Gasteiger charge is -2.09. The van der Waals surface area contributed by atoms with E-state index < -0.39 is 5.97 Å². The quantitative estimate of drug-likeness (QED) is 0.678. The third-order valence-corrected chi connectivity index (χ3v) is 3.59. The molecule has 0 fully saturated rings. The molecule has 1 aromatic heterocycles. The number of benzene rings is 2. The van der Waals surface area contributed by atoms with Gasteiger partial charge in [-0.05, 0) is 55.3 Å². The van der Waals surface area contributed by atoms with E-state index in [1.165, 1.54) is 7.11 Å². The minimum absolute atomic E-state index is 0.321. The predicted octanol–water partition coefficient (Wildman–Crippen LogP) is 3.76. The number of aryl methyl sites for hydroxylation is 2. The molecule has 3 rings (SSSR count). The van der Waals surface area contributed by atoms with Gasteiger partial charge in [-0.2, -0.15) is 10.1 Å². The normalized spacial score (nSPS) is 10.3. The Morgan fingerprint density at radius 2 is 1.77 bits per heavy atom. The first-order valence-electron chi connectivity index (χ1n) is 8.04.